The van der Waals surface area contributed by atoms with Gasteiger partial charge in [0.1, 0.15) is 54.0 Å². The largest absolute Gasteiger partial charge is 0.493 e. The van der Waals surface area contributed by atoms with E-state index in [4.69, 9.17) is 28.4 Å². The summed E-state index contributed by atoms with van der Waals surface area (Å²) in [7, 11) is 0. The van der Waals surface area contributed by atoms with Crippen molar-refractivity contribution in [1.82, 2.24) is 4.90 Å². The van der Waals surface area contributed by atoms with E-state index >= 15 is 0 Å². The third kappa shape index (κ3) is 27.3. The predicted octanol–water partition coefficient (Wildman–Crippen LogP) is 24.1. The molecule has 0 N–H and O–H groups in total. The standard InChI is InChI=1S/C16H24FNO.C15H20F2O.C15H21F.C15H20O2.2C14H19FO/c1-16(2,3)13-6-7-14(17)15(12-13)19-11-10-18-8-4-5-9-18;1-15(2,3)11-6-7-12(14(16)17)13(8-11)18-9-10-4-5-10;1-15(2,3)13-8-9-14(16)12(10-13)7-6-11-4-5-11;1-15(2,3)11-6-7-12-13(8-11)17-14(9-16-12)10-4-5-10;1-14(2,3)11-6-12(15)8-13(7-11)16-9-10-4-5-10;1-14(2,3)12-7-6-11(15)8-13(12)16-9-10-4-5-10/h6-7,12H,4-5,8-11H2,1-3H3;6-8,10,14H,4-5,9H2,1-3H3;8-11H,4-7H2,1-3H3;6-8,10,14H,4-5,9H2,1-3H3;2*6-8,10H,4-5,9H2,1-3H3. The van der Waals surface area contributed by atoms with Crippen LogP contribution >= 0.6 is 0 Å². The number of benzene rings is 6. The second kappa shape index (κ2) is 35.2. The summed E-state index contributed by atoms with van der Waals surface area (Å²) in [5.41, 5.74) is 7.81. The highest BCUT2D eigenvalue weighted by Gasteiger charge is 2.37. The molecule has 6 aromatic carbocycles. The fraction of sp³-hybridized carbons (Fsp3) is 0.596. The lowest BCUT2D eigenvalue weighted by Crippen LogP contribution is -2.31. The summed E-state index contributed by atoms with van der Waals surface area (Å²) in [6, 6.07) is 32.0. The molecule has 13 heteroatoms. The van der Waals surface area contributed by atoms with Crippen LogP contribution in [0.25, 0.3) is 0 Å². The number of hydrogen-bond donors (Lipinski definition) is 0. The van der Waals surface area contributed by atoms with Crippen LogP contribution in [0.5, 0.6) is 34.5 Å². The topological polar surface area (TPSA) is 58.6 Å². The molecule has 0 aromatic heterocycles. The Morgan fingerprint density at radius 3 is 1.46 bits per heavy atom. The Morgan fingerprint density at radius 2 is 0.931 bits per heavy atom. The average molecular weight is 1420 g/mol. The Balaban J connectivity index is 0.000000155. The maximum atomic E-state index is 13.7. The van der Waals surface area contributed by atoms with E-state index in [1.54, 1.807) is 24.3 Å². The van der Waals surface area contributed by atoms with Gasteiger partial charge in [-0.05, 0) is 252 Å². The number of nitrogens with zero attached hydrogens (tertiary/aromatic N) is 1. The first-order valence-electron chi connectivity index (χ1n) is 38.1. The van der Waals surface area contributed by atoms with Crippen LogP contribution in [0.1, 0.15) is 259 Å². The smallest absolute Gasteiger partial charge is 0.267 e. The van der Waals surface area contributed by atoms with Crippen molar-refractivity contribution in [2.45, 2.75) is 260 Å². The third-order valence-electron chi connectivity index (χ3n) is 19.9. The van der Waals surface area contributed by atoms with Gasteiger partial charge in [0.15, 0.2) is 23.1 Å². The number of ether oxygens (including phenoxy) is 6. The normalized spacial score (nSPS) is 17.6. The fourth-order valence-electron chi connectivity index (χ4n) is 11.7. The quantitative estimate of drug-likeness (QED) is 0.0795. The van der Waals surface area contributed by atoms with Crippen molar-refractivity contribution >= 4 is 0 Å². The summed E-state index contributed by atoms with van der Waals surface area (Å²) in [5, 5.41) is 0. The van der Waals surface area contributed by atoms with Crippen LogP contribution in [0.4, 0.5) is 26.3 Å². The summed E-state index contributed by atoms with van der Waals surface area (Å²) in [6.45, 7) is 44.8. The van der Waals surface area contributed by atoms with Crippen LogP contribution in [0.2, 0.25) is 0 Å². The molecule has 5 aliphatic carbocycles. The molecule has 5 saturated carbocycles. The van der Waals surface area contributed by atoms with Crippen molar-refractivity contribution in [1.29, 1.82) is 0 Å². The molecule has 7 aliphatic rings. The Morgan fingerprint density at radius 1 is 0.431 bits per heavy atom. The Kier molecular flexibility index (Phi) is 28.0. The van der Waals surface area contributed by atoms with Crippen LogP contribution in [0.15, 0.2) is 109 Å². The number of hydrogen-bond acceptors (Lipinski definition) is 7. The van der Waals surface area contributed by atoms with Gasteiger partial charge in [-0.2, -0.15) is 0 Å². The summed E-state index contributed by atoms with van der Waals surface area (Å²) < 4.78 is 114. The van der Waals surface area contributed by atoms with Gasteiger partial charge in [0.25, 0.3) is 6.43 Å². The van der Waals surface area contributed by atoms with Crippen molar-refractivity contribution in [2.24, 2.45) is 29.6 Å². The highest BCUT2D eigenvalue weighted by molar-refractivity contribution is 5.46. The molecule has 6 aromatic rings. The average Bonchev–Trinajstić information content (AvgIpc) is 1.42. The van der Waals surface area contributed by atoms with Crippen LogP contribution in [-0.2, 0) is 38.9 Å². The molecule has 13 rings (SSSR count). The number of rotatable bonds is 18. The monoisotopic (exact) mass is 1420 g/mol. The minimum Gasteiger partial charge on any atom is -0.493 e. The lowest BCUT2D eigenvalue weighted by Gasteiger charge is -2.28. The number of halogens is 6. The maximum Gasteiger partial charge on any atom is 0.267 e. The second-order valence-corrected chi connectivity index (χ2v) is 35.9. The van der Waals surface area contributed by atoms with Crippen LogP contribution in [0, 0.1) is 52.9 Å². The first kappa shape index (κ1) is 81.3. The van der Waals surface area contributed by atoms with Gasteiger partial charge >= 0.3 is 0 Å². The van der Waals surface area contributed by atoms with Crippen molar-refractivity contribution in [2.75, 3.05) is 52.7 Å². The fourth-order valence-corrected chi connectivity index (χ4v) is 11.7. The van der Waals surface area contributed by atoms with Crippen LogP contribution < -0.4 is 28.4 Å². The first-order valence-corrected chi connectivity index (χ1v) is 38.1. The zero-order chi connectivity index (χ0) is 74.5. The van der Waals surface area contributed by atoms with Gasteiger partial charge in [-0.3, -0.25) is 4.90 Å². The number of fused-ring (bicyclic) bond motifs is 1. The van der Waals surface area contributed by atoms with E-state index in [1.807, 2.05) is 36.4 Å². The van der Waals surface area contributed by atoms with Gasteiger partial charge in [0, 0.05) is 18.7 Å². The molecule has 2 heterocycles. The molecule has 0 radical (unpaired) electrons. The van der Waals surface area contributed by atoms with Gasteiger partial charge in [-0.25, -0.2) is 26.3 Å². The third-order valence-corrected chi connectivity index (χ3v) is 19.9. The minimum absolute atomic E-state index is 0.00338. The Hall–Kier alpha value is -6.34. The molecule has 2 aliphatic heterocycles. The Labute approximate surface area is 609 Å². The van der Waals surface area contributed by atoms with Crippen molar-refractivity contribution in [3.8, 4) is 34.5 Å². The molecule has 562 valence electrons. The SMILES string of the molecule is CC(C)(C)c1cc(F)cc(OCC2CC2)c1.CC(C)(C)c1ccc(C(F)F)c(OCC2CC2)c1.CC(C)(C)c1ccc(F)c(CCC2CC2)c1.CC(C)(C)c1ccc(F)c(OCCN2CCCC2)c1.CC(C)(C)c1ccc(F)cc1OCC1CC1.CC(C)(C)c1ccc2c(c1)OC(C1CC1)CO2. The molecule has 1 saturated heterocycles. The van der Waals surface area contributed by atoms with Crippen molar-refractivity contribution in [3.05, 3.63) is 177 Å². The summed E-state index contributed by atoms with van der Waals surface area (Å²) in [4.78, 5) is 2.37. The molecule has 0 spiro atoms. The summed E-state index contributed by atoms with van der Waals surface area (Å²) in [6.07, 6.45) is 15.0. The van der Waals surface area contributed by atoms with Gasteiger partial charge in [0.2, 0.25) is 0 Å². The number of alkyl halides is 2. The molecule has 1 unspecified atom stereocenters. The van der Waals surface area contributed by atoms with Gasteiger partial charge < -0.3 is 28.4 Å². The Bertz CT molecular complexity index is 3610. The minimum atomic E-state index is -2.48. The molecular weight excluding hydrogens is 1290 g/mol. The van der Waals surface area contributed by atoms with Crippen molar-refractivity contribution in [3.63, 3.8) is 0 Å². The van der Waals surface area contributed by atoms with Crippen LogP contribution in [0.3, 0.4) is 0 Å². The van der Waals surface area contributed by atoms with Crippen LogP contribution in [-0.4, -0.2) is 63.7 Å². The zero-order valence-corrected chi connectivity index (χ0v) is 65.2. The predicted molar refractivity (Wildman–Crippen MR) is 405 cm³/mol. The number of aryl methyl sites for hydroxylation is 1. The zero-order valence-electron chi connectivity index (χ0n) is 65.2. The second-order valence-electron chi connectivity index (χ2n) is 35.9. The van der Waals surface area contributed by atoms with E-state index in [1.165, 1.54) is 106 Å². The molecule has 7 nitrogen and oxygen atoms in total. The molecule has 6 fully saturated rings. The lowest BCUT2D eigenvalue weighted by atomic mass is 9.85. The number of likely N-dealkylation sites (tertiary alicyclic amines) is 1. The molecule has 1 atom stereocenters. The van der Waals surface area contributed by atoms with Gasteiger partial charge in [-0.1, -0.05) is 174 Å². The van der Waals surface area contributed by atoms with Gasteiger partial charge in [-0.15, -0.1) is 0 Å². The lowest BCUT2D eigenvalue weighted by molar-refractivity contribution is 0.0755. The van der Waals surface area contributed by atoms with E-state index in [-0.39, 0.29) is 67.4 Å². The highest BCUT2D eigenvalue weighted by Crippen LogP contribution is 2.44. The van der Waals surface area contributed by atoms with E-state index in [0.717, 1.165) is 110 Å². The van der Waals surface area contributed by atoms with E-state index in [2.05, 4.69) is 148 Å². The summed E-state index contributed by atoms with van der Waals surface area (Å²) in [5.74, 6) is 6.74. The molecule has 102 heavy (non-hydrogen) atoms. The summed E-state index contributed by atoms with van der Waals surface area (Å²) >= 11 is 0. The first-order chi connectivity index (χ1) is 47.8. The molecular formula is C89H123F6NO6. The highest BCUT2D eigenvalue weighted by atomic mass is 19.3. The van der Waals surface area contributed by atoms with E-state index < -0.39 is 6.43 Å². The van der Waals surface area contributed by atoms with E-state index in [9.17, 15) is 26.3 Å². The van der Waals surface area contributed by atoms with E-state index in [0.29, 0.717) is 60.6 Å². The molecule has 0 bridgehead atoms. The molecule has 0 amide bonds. The van der Waals surface area contributed by atoms with Gasteiger partial charge in [0.05, 0.1) is 25.4 Å². The van der Waals surface area contributed by atoms with Crippen molar-refractivity contribution < 1.29 is 54.8 Å². The maximum absolute atomic E-state index is 13.7.